The van der Waals surface area contributed by atoms with Crippen LogP contribution in [0.25, 0.3) is 11.2 Å². The molecule has 156 valence electrons. The summed E-state index contributed by atoms with van der Waals surface area (Å²) in [6.45, 7) is 0.807. The Morgan fingerprint density at radius 2 is 2.03 bits per heavy atom. The number of rotatable bonds is 8. The minimum atomic E-state index is -0.254. The Morgan fingerprint density at radius 1 is 1.17 bits per heavy atom. The Morgan fingerprint density at radius 3 is 2.83 bits per heavy atom. The number of aromatic amines is 1. The number of hydrogen-bond donors (Lipinski definition) is 3. The summed E-state index contributed by atoms with van der Waals surface area (Å²) in [5.41, 5.74) is 13.8. The summed E-state index contributed by atoms with van der Waals surface area (Å²) in [4.78, 5) is 16.6. The van der Waals surface area contributed by atoms with Gasteiger partial charge >= 0.3 is 0 Å². The maximum atomic E-state index is 6.49. The van der Waals surface area contributed by atoms with E-state index in [1.807, 2.05) is 4.57 Å². The lowest BCUT2D eigenvalue weighted by molar-refractivity contribution is 0.297. The normalized spacial score (nSPS) is 12.4. The minimum Gasteiger partial charge on any atom is -0.493 e. The molecule has 0 saturated heterocycles. The predicted octanol–water partition coefficient (Wildman–Crippen LogP) is 2.74. The summed E-state index contributed by atoms with van der Waals surface area (Å²) in [7, 11) is 0. The van der Waals surface area contributed by atoms with Crippen LogP contribution in [0.5, 0.6) is 5.75 Å². The number of aromatic nitrogens is 7. The van der Waals surface area contributed by atoms with Crippen LogP contribution >= 0.6 is 23.2 Å². The van der Waals surface area contributed by atoms with Gasteiger partial charge in [-0.1, -0.05) is 23.2 Å². The van der Waals surface area contributed by atoms with Crippen LogP contribution in [-0.2, 0) is 6.54 Å². The molecular formula is C18H19Cl2N9O. The van der Waals surface area contributed by atoms with E-state index in [9.17, 15) is 0 Å². The number of nitrogens with zero attached hydrogens (tertiary/aromatic N) is 6. The van der Waals surface area contributed by atoms with E-state index in [0.717, 1.165) is 5.56 Å². The van der Waals surface area contributed by atoms with E-state index in [0.29, 0.717) is 64.6 Å². The fourth-order valence-corrected chi connectivity index (χ4v) is 3.45. The zero-order valence-electron chi connectivity index (χ0n) is 15.8. The maximum absolute atomic E-state index is 6.49. The van der Waals surface area contributed by atoms with Gasteiger partial charge in [0.25, 0.3) is 0 Å². The molecule has 1 aromatic carbocycles. The number of fused-ring (bicyclic) bond motifs is 1. The van der Waals surface area contributed by atoms with Gasteiger partial charge in [-0.3, -0.25) is 5.10 Å². The number of nitrogens with two attached hydrogens (primary N) is 2. The van der Waals surface area contributed by atoms with Crippen LogP contribution in [0, 0.1) is 0 Å². The smallest absolute Gasteiger partial charge is 0.166 e. The summed E-state index contributed by atoms with van der Waals surface area (Å²) in [5, 5.41) is 7.51. The molecule has 0 aliphatic heterocycles. The second-order valence-corrected chi connectivity index (χ2v) is 7.38. The van der Waals surface area contributed by atoms with E-state index in [-0.39, 0.29) is 6.04 Å². The number of nitrogen functional groups attached to an aromatic ring is 1. The van der Waals surface area contributed by atoms with Crippen molar-refractivity contribution in [3.8, 4) is 5.75 Å². The van der Waals surface area contributed by atoms with Crippen LogP contribution in [0.4, 0.5) is 5.82 Å². The number of ether oxygens (including phenoxy) is 1. The Kier molecular flexibility index (Phi) is 5.98. The molecule has 0 saturated carbocycles. The molecule has 10 nitrogen and oxygen atoms in total. The topological polar surface area (TPSA) is 146 Å². The van der Waals surface area contributed by atoms with E-state index in [2.05, 4.69) is 30.1 Å². The van der Waals surface area contributed by atoms with E-state index in [4.69, 9.17) is 39.4 Å². The van der Waals surface area contributed by atoms with E-state index < -0.39 is 0 Å². The van der Waals surface area contributed by atoms with Gasteiger partial charge in [-0.25, -0.2) is 19.9 Å². The monoisotopic (exact) mass is 447 g/mol. The van der Waals surface area contributed by atoms with E-state index in [1.54, 1.807) is 18.5 Å². The molecule has 4 aromatic rings. The van der Waals surface area contributed by atoms with Crippen LogP contribution in [-0.4, -0.2) is 41.3 Å². The van der Waals surface area contributed by atoms with Gasteiger partial charge in [-0.2, -0.15) is 5.10 Å². The third-order valence-electron chi connectivity index (χ3n) is 4.59. The quantitative estimate of drug-likeness (QED) is 0.349. The number of benzene rings is 1. The van der Waals surface area contributed by atoms with Gasteiger partial charge in [-0.15, -0.1) is 0 Å². The highest BCUT2D eigenvalue weighted by molar-refractivity contribution is 6.42. The molecule has 30 heavy (non-hydrogen) atoms. The van der Waals surface area contributed by atoms with Gasteiger partial charge in [0, 0.05) is 5.56 Å². The van der Waals surface area contributed by atoms with Crippen molar-refractivity contribution in [1.29, 1.82) is 0 Å². The SMILES string of the molecule is Nc1ncnc2c1ncn2Cc1c(OCCCC(N)c2nc[nH]n2)ccc(Cl)c1Cl. The van der Waals surface area contributed by atoms with Crippen molar-refractivity contribution in [2.75, 3.05) is 12.3 Å². The highest BCUT2D eigenvalue weighted by atomic mass is 35.5. The minimum absolute atomic E-state index is 0.254. The van der Waals surface area contributed by atoms with Gasteiger partial charge in [-0.05, 0) is 25.0 Å². The van der Waals surface area contributed by atoms with Crippen molar-refractivity contribution in [2.24, 2.45) is 5.73 Å². The lowest BCUT2D eigenvalue weighted by Crippen LogP contribution is -2.14. The van der Waals surface area contributed by atoms with Crippen molar-refractivity contribution < 1.29 is 4.74 Å². The second-order valence-electron chi connectivity index (χ2n) is 6.60. The number of hydrogen-bond acceptors (Lipinski definition) is 8. The molecule has 0 aliphatic carbocycles. The van der Waals surface area contributed by atoms with Crippen molar-refractivity contribution in [2.45, 2.75) is 25.4 Å². The first-order valence-corrected chi connectivity index (χ1v) is 9.92. The average Bonchev–Trinajstić information content (AvgIpc) is 3.41. The first kappa shape index (κ1) is 20.3. The fourth-order valence-electron chi connectivity index (χ4n) is 3.05. The molecule has 5 N–H and O–H groups in total. The molecule has 0 amide bonds. The summed E-state index contributed by atoms with van der Waals surface area (Å²) < 4.78 is 7.80. The number of anilines is 1. The number of halogens is 2. The third kappa shape index (κ3) is 4.16. The molecule has 4 rings (SSSR count). The van der Waals surface area contributed by atoms with Crippen molar-refractivity contribution in [3.05, 3.63) is 52.5 Å². The number of nitrogens with one attached hydrogen (secondary N) is 1. The van der Waals surface area contributed by atoms with E-state index >= 15 is 0 Å². The van der Waals surface area contributed by atoms with E-state index in [1.165, 1.54) is 12.7 Å². The number of imidazole rings is 1. The zero-order valence-corrected chi connectivity index (χ0v) is 17.3. The van der Waals surface area contributed by atoms with Gasteiger partial charge in [0.05, 0.1) is 35.6 Å². The highest BCUT2D eigenvalue weighted by Crippen LogP contribution is 2.34. The van der Waals surface area contributed by atoms with Crippen LogP contribution in [0.1, 0.15) is 30.3 Å². The van der Waals surface area contributed by atoms with Crippen molar-refractivity contribution in [1.82, 2.24) is 34.7 Å². The zero-order chi connectivity index (χ0) is 21.1. The van der Waals surface area contributed by atoms with Gasteiger partial charge in [0.15, 0.2) is 17.3 Å². The molecule has 0 spiro atoms. The largest absolute Gasteiger partial charge is 0.493 e. The second kappa shape index (κ2) is 8.82. The van der Waals surface area contributed by atoms with Crippen molar-refractivity contribution >= 4 is 40.2 Å². The first-order chi connectivity index (χ1) is 14.5. The summed E-state index contributed by atoms with van der Waals surface area (Å²) in [5.74, 6) is 1.52. The Hall–Kier alpha value is -2.95. The molecule has 12 heteroatoms. The van der Waals surface area contributed by atoms with Gasteiger partial charge in [0.1, 0.15) is 23.9 Å². The lowest BCUT2D eigenvalue weighted by atomic mass is 10.1. The summed E-state index contributed by atoms with van der Waals surface area (Å²) >= 11 is 12.7. The molecule has 1 atom stereocenters. The lowest BCUT2D eigenvalue weighted by Gasteiger charge is -2.15. The Bertz CT molecular complexity index is 1150. The van der Waals surface area contributed by atoms with Crippen LogP contribution < -0.4 is 16.2 Å². The predicted molar refractivity (Wildman–Crippen MR) is 113 cm³/mol. The maximum Gasteiger partial charge on any atom is 0.166 e. The van der Waals surface area contributed by atoms with Gasteiger partial charge in [0.2, 0.25) is 0 Å². The molecular weight excluding hydrogens is 429 g/mol. The van der Waals surface area contributed by atoms with Gasteiger partial charge < -0.3 is 20.8 Å². The molecule has 3 heterocycles. The first-order valence-electron chi connectivity index (χ1n) is 9.17. The Labute approximate surface area is 181 Å². The third-order valence-corrected chi connectivity index (χ3v) is 5.44. The van der Waals surface area contributed by atoms with Crippen LogP contribution in [0.3, 0.4) is 0 Å². The summed E-state index contributed by atoms with van der Waals surface area (Å²) in [6, 6.07) is 3.24. The summed E-state index contributed by atoms with van der Waals surface area (Å²) in [6.07, 6.45) is 5.92. The average molecular weight is 448 g/mol. The highest BCUT2D eigenvalue weighted by Gasteiger charge is 2.16. The molecule has 0 aliphatic rings. The molecule has 1 unspecified atom stereocenters. The molecule has 3 aromatic heterocycles. The van der Waals surface area contributed by atoms with Crippen molar-refractivity contribution in [3.63, 3.8) is 0 Å². The Balaban J connectivity index is 1.49. The van der Waals surface area contributed by atoms with Crippen LogP contribution in [0.2, 0.25) is 10.0 Å². The fraction of sp³-hybridized carbons (Fsp3) is 0.278. The molecule has 0 bridgehead atoms. The molecule has 0 radical (unpaired) electrons. The van der Waals surface area contributed by atoms with Crippen LogP contribution in [0.15, 0.2) is 31.1 Å². The molecule has 0 fully saturated rings. The number of H-pyrrole nitrogens is 1. The standard InChI is InChI=1S/C18H19Cl2N9O/c19-11-3-4-13(30-5-1-2-12(21)17-24-8-27-28-17)10(14(11)20)6-29-9-26-15-16(22)23-7-25-18(15)29/h3-4,7-9,12H,1-2,5-6,21H2,(H2,22,23,25)(H,24,27,28).